The molecule has 0 unspecified atom stereocenters. The summed E-state index contributed by atoms with van der Waals surface area (Å²) in [5.41, 5.74) is 2.08. The van der Waals surface area contributed by atoms with Gasteiger partial charge in [0, 0.05) is 19.6 Å². The Bertz CT molecular complexity index is 545. The van der Waals surface area contributed by atoms with Crippen LogP contribution in [0.5, 0.6) is 11.5 Å². The number of fused-ring (bicyclic) bond motifs is 1. The number of aliphatic carboxylic acids is 1. The molecule has 1 fully saturated rings. The number of benzene rings is 1. The molecule has 3 rings (SSSR count). The molecule has 1 aliphatic heterocycles. The van der Waals surface area contributed by atoms with Crippen molar-refractivity contribution in [1.82, 2.24) is 4.90 Å². The molecule has 1 aliphatic carbocycles. The summed E-state index contributed by atoms with van der Waals surface area (Å²) in [6.07, 6.45) is 3.47. The Balaban J connectivity index is 1.74. The lowest BCUT2D eigenvalue weighted by atomic mass is 10.0. The van der Waals surface area contributed by atoms with Crippen LogP contribution in [0.1, 0.15) is 24.0 Å². The van der Waals surface area contributed by atoms with Gasteiger partial charge in [0.15, 0.2) is 11.5 Å². The van der Waals surface area contributed by atoms with Gasteiger partial charge in [-0.15, -0.1) is 0 Å². The molecule has 0 spiro atoms. The van der Waals surface area contributed by atoms with Crippen LogP contribution in [0.4, 0.5) is 0 Å². The first-order valence-electron chi connectivity index (χ1n) is 7.77. The van der Waals surface area contributed by atoms with Crippen LogP contribution < -0.4 is 9.47 Å². The smallest absolute Gasteiger partial charge is 0.310 e. The second-order valence-corrected chi connectivity index (χ2v) is 6.34. The van der Waals surface area contributed by atoms with Crippen molar-refractivity contribution >= 4 is 5.97 Å². The molecule has 120 valence electrons. The first-order chi connectivity index (χ1) is 10.6. The van der Waals surface area contributed by atoms with Crippen LogP contribution >= 0.6 is 0 Å². The van der Waals surface area contributed by atoms with E-state index in [1.165, 1.54) is 11.1 Å². The molecule has 5 heteroatoms. The van der Waals surface area contributed by atoms with Gasteiger partial charge >= 0.3 is 5.97 Å². The molecule has 1 aromatic carbocycles. The maximum Gasteiger partial charge on any atom is 0.310 e. The SMILES string of the molecule is COc1cc2c(cc1OC)CCN(CC1(C(=O)O)CC1)CC2. The summed E-state index contributed by atoms with van der Waals surface area (Å²) < 4.78 is 10.8. The van der Waals surface area contributed by atoms with Crippen molar-refractivity contribution in [1.29, 1.82) is 0 Å². The second kappa shape index (κ2) is 5.80. The van der Waals surface area contributed by atoms with Crippen molar-refractivity contribution in [3.8, 4) is 11.5 Å². The zero-order chi connectivity index (χ0) is 15.7. The molecule has 1 saturated carbocycles. The van der Waals surface area contributed by atoms with Crippen molar-refractivity contribution in [2.24, 2.45) is 5.41 Å². The van der Waals surface area contributed by atoms with E-state index in [1.54, 1.807) is 14.2 Å². The van der Waals surface area contributed by atoms with Crippen LogP contribution in [0.2, 0.25) is 0 Å². The molecule has 0 radical (unpaired) electrons. The predicted octanol–water partition coefficient (Wildman–Crippen LogP) is 1.97. The highest BCUT2D eigenvalue weighted by atomic mass is 16.5. The van der Waals surface area contributed by atoms with E-state index < -0.39 is 11.4 Å². The molecule has 0 atom stereocenters. The van der Waals surface area contributed by atoms with Gasteiger partial charge in [0.05, 0.1) is 19.6 Å². The molecule has 22 heavy (non-hydrogen) atoms. The van der Waals surface area contributed by atoms with Crippen molar-refractivity contribution in [2.45, 2.75) is 25.7 Å². The Morgan fingerprint density at radius 2 is 1.64 bits per heavy atom. The predicted molar refractivity (Wildman–Crippen MR) is 82.7 cm³/mol. The third-order valence-corrected chi connectivity index (χ3v) is 4.93. The number of ether oxygens (including phenoxy) is 2. The Morgan fingerprint density at radius 1 is 1.14 bits per heavy atom. The number of rotatable bonds is 5. The standard InChI is InChI=1S/C17H23NO4/c1-21-14-9-12-3-7-18(11-17(5-6-17)16(19)20)8-4-13(12)10-15(14)22-2/h9-10H,3-8,11H2,1-2H3,(H,19,20). The molecule has 0 amide bonds. The fraction of sp³-hybridized carbons (Fsp3) is 0.588. The van der Waals surface area contributed by atoms with E-state index >= 15 is 0 Å². The Labute approximate surface area is 130 Å². The second-order valence-electron chi connectivity index (χ2n) is 6.34. The van der Waals surface area contributed by atoms with Crippen LogP contribution in [0.3, 0.4) is 0 Å². The van der Waals surface area contributed by atoms with Crippen molar-refractivity contribution < 1.29 is 19.4 Å². The summed E-state index contributed by atoms with van der Waals surface area (Å²) in [4.78, 5) is 13.7. The summed E-state index contributed by atoms with van der Waals surface area (Å²) in [5.74, 6) is 0.885. The average Bonchev–Trinajstić information content (AvgIpc) is 3.32. The van der Waals surface area contributed by atoms with Gasteiger partial charge in [0.25, 0.3) is 0 Å². The number of carboxylic acid groups (broad SMARTS) is 1. The minimum Gasteiger partial charge on any atom is -0.493 e. The Morgan fingerprint density at radius 3 is 2.00 bits per heavy atom. The highest BCUT2D eigenvalue weighted by Gasteiger charge is 2.51. The summed E-state index contributed by atoms with van der Waals surface area (Å²) in [6.45, 7) is 2.47. The van der Waals surface area contributed by atoms with Crippen LogP contribution in [-0.4, -0.2) is 49.8 Å². The van der Waals surface area contributed by atoms with Gasteiger partial charge < -0.3 is 19.5 Å². The van der Waals surface area contributed by atoms with E-state index in [0.29, 0.717) is 6.54 Å². The van der Waals surface area contributed by atoms with Gasteiger partial charge in [0.2, 0.25) is 0 Å². The first-order valence-corrected chi connectivity index (χ1v) is 7.77. The van der Waals surface area contributed by atoms with Crippen LogP contribution in [0.25, 0.3) is 0 Å². The molecule has 0 aromatic heterocycles. The number of carboxylic acids is 1. The molecule has 1 N–H and O–H groups in total. The molecule has 5 nitrogen and oxygen atoms in total. The molecule has 1 aromatic rings. The lowest BCUT2D eigenvalue weighted by Crippen LogP contribution is -2.36. The van der Waals surface area contributed by atoms with Gasteiger partial charge in [-0.2, -0.15) is 0 Å². The van der Waals surface area contributed by atoms with E-state index in [-0.39, 0.29) is 0 Å². The van der Waals surface area contributed by atoms with Crippen molar-refractivity contribution in [2.75, 3.05) is 33.9 Å². The number of carbonyl (C=O) groups is 1. The molecule has 0 saturated heterocycles. The fourth-order valence-corrected chi connectivity index (χ4v) is 3.27. The van der Waals surface area contributed by atoms with Crippen LogP contribution in [0.15, 0.2) is 12.1 Å². The van der Waals surface area contributed by atoms with E-state index in [9.17, 15) is 9.90 Å². The highest BCUT2D eigenvalue weighted by Crippen LogP contribution is 2.46. The Kier molecular flexibility index (Phi) is 4.00. The third-order valence-electron chi connectivity index (χ3n) is 4.93. The van der Waals surface area contributed by atoms with Crippen LogP contribution in [-0.2, 0) is 17.6 Å². The number of nitrogens with zero attached hydrogens (tertiary/aromatic N) is 1. The first kappa shape index (κ1) is 15.2. The topological polar surface area (TPSA) is 59.0 Å². The normalized spacial score (nSPS) is 19.9. The summed E-state index contributed by atoms with van der Waals surface area (Å²) in [5, 5.41) is 9.36. The molecular weight excluding hydrogens is 282 g/mol. The van der Waals surface area contributed by atoms with E-state index in [0.717, 1.165) is 50.3 Å². The minimum atomic E-state index is -0.641. The summed E-state index contributed by atoms with van der Waals surface area (Å²) >= 11 is 0. The average molecular weight is 305 g/mol. The van der Waals surface area contributed by atoms with Gasteiger partial charge in [-0.25, -0.2) is 0 Å². The van der Waals surface area contributed by atoms with E-state index in [4.69, 9.17) is 9.47 Å². The van der Waals surface area contributed by atoms with E-state index in [2.05, 4.69) is 17.0 Å². The number of hydrogen-bond donors (Lipinski definition) is 1. The molecular formula is C17H23NO4. The monoisotopic (exact) mass is 305 g/mol. The van der Waals surface area contributed by atoms with Crippen LogP contribution in [0, 0.1) is 5.41 Å². The zero-order valence-corrected chi connectivity index (χ0v) is 13.2. The number of hydrogen-bond acceptors (Lipinski definition) is 4. The molecule has 0 bridgehead atoms. The zero-order valence-electron chi connectivity index (χ0n) is 13.2. The van der Waals surface area contributed by atoms with Gasteiger partial charge in [-0.1, -0.05) is 0 Å². The number of methoxy groups -OCH3 is 2. The third kappa shape index (κ3) is 2.77. The lowest BCUT2D eigenvalue weighted by Gasteiger charge is -2.23. The lowest BCUT2D eigenvalue weighted by molar-refractivity contribution is -0.144. The maximum atomic E-state index is 11.4. The quantitative estimate of drug-likeness (QED) is 0.901. The van der Waals surface area contributed by atoms with Gasteiger partial charge in [-0.3, -0.25) is 4.79 Å². The van der Waals surface area contributed by atoms with E-state index in [1.807, 2.05) is 0 Å². The minimum absolute atomic E-state index is 0.480. The molecule has 1 heterocycles. The van der Waals surface area contributed by atoms with Gasteiger partial charge in [0.1, 0.15) is 0 Å². The summed E-state index contributed by atoms with van der Waals surface area (Å²) in [6, 6.07) is 4.11. The molecule has 2 aliphatic rings. The van der Waals surface area contributed by atoms with Crippen molar-refractivity contribution in [3.63, 3.8) is 0 Å². The summed E-state index contributed by atoms with van der Waals surface area (Å²) in [7, 11) is 3.30. The Hall–Kier alpha value is -1.75. The van der Waals surface area contributed by atoms with Gasteiger partial charge in [-0.05, 0) is 48.9 Å². The maximum absolute atomic E-state index is 11.4. The fourth-order valence-electron chi connectivity index (χ4n) is 3.27. The van der Waals surface area contributed by atoms with Crippen molar-refractivity contribution in [3.05, 3.63) is 23.3 Å². The highest BCUT2D eigenvalue weighted by molar-refractivity contribution is 5.78. The largest absolute Gasteiger partial charge is 0.493 e.